The van der Waals surface area contributed by atoms with Crippen molar-refractivity contribution in [3.05, 3.63) is 72.1 Å². The van der Waals surface area contributed by atoms with E-state index in [2.05, 4.69) is 20.3 Å². The first-order valence-corrected chi connectivity index (χ1v) is 8.42. The lowest BCUT2D eigenvalue weighted by Crippen LogP contribution is -1.99. The highest BCUT2D eigenvalue weighted by Crippen LogP contribution is 2.30. The second-order valence-electron chi connectivity index (χ2n) is 6.25. The Bertz CT molecular complexity index is 1160. The maximum Gasteiger partial charge on any atom is 0.163 e. The summed E-state index contributed by atoms with van der Waals surface area (Å²) in [4.78, 5) is 13.4. The maximum absolute atomic E-state index is 14.2. The Labute approximate surface area is 154 Å². The fraction of sp³-hybridized carbons (Fsp3) is 0.0952. The topological polar surface area (TPSA) is 50.7 Å². The summed E-state index contributed by atoms with van der Waals surface area (Å²) in [5.74, 6) is 0.195. The summed E-state index contributed by atoms with van der Waals surface area (Å²) in [6.45, 7) is 1.95. The van der Waals surface area contributed by atoms with Crippen molar-refractivity contribution in [3.8, 4) is 22.5 Å². The van der Waals surface area contributed by atoms with Gasteiger partial charge in [-0.2, -0.15) is 0 Å². The molecule has 0 aliphatic rings. The minimum Gasteiger partial charge on any atom is -0.373 e. The molecule has 27 heavy (non-hydrogen) atoms. The van der Waals surface area contributed by atoms with Gasteiger partial charge in [-0.15, -0.1) is 0 Å². The van der Waals surface area contributed by atoms with Gasteiger partial charge in [-0.05, 0) is 54.4 Å². The van der Waals surface area contributed by atoms with Crippen LogP contribution in [0.2, 0.25) is 0 Å². The molecule has 0 bridgehead atoms. The van der Waals surface area contributed by atoms with Crippen molar-refractivity contribution in [1.29, 1.82) is 0 Å². The van der Waals surface area contributed by atoms with E-state index in [4.69, 9.17) is 0 Å². The molecule has 0 aliphatic heterocycles. The van der Waals surface area contributed by atoms with Crippen molar-refractivity contribution < 1.29 is 8.78 Å². The summed E-state index contributed by atoms with van der Waals surface area (Å²) in [6, 6.07) is 10.6. The largest absolute Gasteiger partial charge is 0.373 e. The van der Waals surface area contributed by atoms with E-state index in [9.17, 15) is 8.78 Å². The van der Waals surface area contributed by atoms with Gasteiger partial charge in [-0.25, -0.2) is 18.7 Å². The van der Waals surface area contributed by atoms with E-state index in [0.717, 1.165) is 28.6 Å². The lowest BCUT2D eigenvalue weighted by molar-refractivity contribution is 0.603. The molecule has 6 heteroatoms. The second kappa shape index (κ2) is 6.72. The van der Waals surface area contributed by atoms with Crippen LogP contribution in [0, 0.1) is 18.6 Å². The maximum atomic E-state index is 14.2. The number of aryl methyl sites for hydroxylation is 1. The third-order valence-electron chi connectivity index (χ3n) is 4.31. The first kappa shape index (κ1) is 17.0. The number of nitrogens with one attached hydrogen (secondary N) is 1. The summed E-state index contributed by atoms with van der Waals surface area (Å²) in [5.41, 5.74) is 3.16. The van der Waals surface area contributed by atoms with Crippen molar-refractivity contribution in [2.24, 2.45) is 0 Å². The molecule has 0 aliphatic carbocycles. The lowest BCUT2D eigenvalue weighted by atomic mass is 10.0. The van der Waals surface area contributed by atoms with Gasteiger partial charge in [-0.3, -0.25) is 4.98 Å². The van der Waals surface area contributed by atoms with Crippen LogP contribution in [0.3, 0.4) is 0 Å². The van der Waals surface area contributed by atoms with Crippen LogP contribution in [0.4, 0.5) is 14.6 Å². The van der Waals surface area contributed by atoms with E-state index in [1.165, 1.54) is 6.07 Å². The molecule has 4 nitrogen and oxygen atoms in total. The van der Waals surface area contributed by atoms with Gasteiger partial charge in [0.25, 0.3) is 0 Å². The Hall–Kier alpha value is -3.41. The molecule has 1 N–H and O–H groups in total. The van der Waals surface area contributed by atoms with Crippen LogP contribution in [0.25, 0.3) is 33.4 Å². The van der Waals surface area contributed by atoms with Crippen LogP contribution >= 0.6 is 0 Å². The fourth-order valence-corrected chi connectivity index (χ4v) is 3.01. The summed E-state index contributed by atoms with van der Waals surface area (Å²) < 4.78 is 27.7. The Morgan fingerprint density at radius 3 is 2.52 bits per heavy atom. The SMILES string of the molecule is CNc1nc(-c2cncc(C)c2)nc2cc(-c3cc(F)ccc3F)ccc12. The Balaban J connectivity index is 1.93. The van der Waals surface area contributed by atoms with Crippen molar-refractivity contribution in [1.82, 2.24) is 15.0 Å². The van der Waals surface area contributed by atoms with Crippen LogP contribution in [0.1, 0.15) is 5.56 Å². The van der Waals surface area contributed by atoms with Crippen LogP contribution < -0.4 is 5.32 Å². The molecule has 2 heterocycles. The first-order chi connectivity index (χ1) is 13.0. The Kier molecular flexibility index (Phi) is 4.24. The highest BCUT2D eigenvalue weighted by Gasteiger charge is 2.12. The normalized spacial score (nSPS) is 11.0. The highest BCUT2D eigenvalue weighted by atomic mass is 19.1. The minimum atomic E-state index is -0.489. The van der Waals surface area contributed by atoms with Crippen molar-refractivity contribution in [2.75, 3.05) is 12.4 Å². The van der Waals surface area contributed by atoms with Gasteiger partial charge in [0.2, 0.25) is 0 Å². The second-order valence-corrected chi connectivity index (χ2v) is 6.25. The summed E-state index contributed by atoms with van der Waals surface area (Å²) in [5, 5.41) is 3.86. The van der Waals surface area contributed by atoms with Gasteiger partial charge >= 0.3 is 0 Å². The molecule has 0 fully saturated rings. The molecule has 4 aromatic rings. The van der Waals surface area contributed by atoms with E-state index in [0.29, 0.717) is 22.7 Å². The zero-order chi connectivity index (χ0) is 19.0. The standard InChI is InChI=1S/C21H16F2N4/c1-12-7-14(11-25-10-12)20-26-19-8-13(3-5-16(19)21(24-2)27-20)17-9-15(22)4-6-18(17)23/h3-11H,1-2H3,(H,24,26,27). The molecule has 0 saturated carbocycles. The van der Waals surface area contributed by atoms with E-state index in [1.807, 2.05) is 13.0 Å². The molecule has 0 amide bonds. The molecule has 4 rings (SSSR count). The summed E-state index contributed by atoms with van der Waals surface area (Å²) in [6.07, 6.45) is 3.46. The van der Waals surface area contributed by atoms with Crippen LogP contribution in [-0.4, -0.2) is 22.0 Å². The van der Waals surface area contributed by atoms with Gasteiger partial charge in [0, 0.05) is 36.0 Å². The average Bonchev–Trinajstić information content (AvgIpc) is 2.68. The van der Waals surface area contributed by atoms with Gasteiger partial charge < -0.3 is 5.32 Å². The Morgan fingerprint density at radius 1 is 0.889 bits per heavy atom. The Morgan fingerprint density at radius 2 is 1.74 bits per heavy atom. The molecule has 0 atom stereocenters. The molecule has 2 aromatic carbocycles. The number of halogens is 2. The van der Waals surface area contributed by atoms with E-state index in [1.54, 1.807) is 37.6 Å². The van der Waals surface area contributed by atoms with Gasteiger partial charge in [0.15, 0.2) is 5.82 Å². The number of nitrogens with zero attached hydrogens (tertiary/aromatic N) is 3. The van der Waals surface area contributed by atoms with Crippen LogP contribution in [0.15, 0.2) is 54.9 Å². The molecule has 0 saturated heterocycles. The first-order valence-electron chi connectivity index (χ1n) is 8.42. The highest BCUT2D eigenvalue weighted by molar-refractivity contribution is 5.93. The molecule has 134 valence electrons. The molecule has 0 unspecified atom stereocenters. The van der Waals surface area contributed by atoms with Gasteiger partial charge in [-0.1, -0.05) is 6.07 Å². The predicted octanol–water partition coefficient (Wildman–Crippen LogP) is 4.99. The summed E-state index contributed by atoms with van der Waals surface area (Å²) in [7, 11) is 1.78. The fourth-order valence-electron chi connectivity index (χ4n) is 3.01. The molecular weight excluding hydrogens is 346 g/mol. The molecular formula is C21H16F2N4. The minimum absolute atomic E-state index is 0.195. The van der Waals surface area contributed by atoms with E-state index < -0.39 is 11.6 Å². The quantitative estimate of drug-likeness (QED) is 0.558. The number of aromatic nitrogens is 3. The van der Waals surface area contributed by atoms with Crippen molar-refractivity contribution >= 4 is 16.7 Å². The number of hydrogen-bond donors (Lipinski definition) is 1. The van der Waals surface area contributed by atoms with Crippen molar-refractivity contribution in [2.45, 2.75) is 6.92 Å². The zero-order valence-electron chi connectivity index (χ0n) is 14.8. The molecule has 2 aromatic heterocycles. The van der Waals surface area contributed by atoms with Gasteiger partial charge in [0.05, 0.1) is 5.52 Å². The number of rotatable bonds is 3. The van der Waals surface area contributed by atoms with E-state index >= 15 is 0 Å². The molecule has 0 radical (unpaired) electrons. The van der Waals surface area contributed by atoms with Crippen LogP contribution in [0.5, 0.6) is 0 Å². The number of anilines is 1. The summed E-state index contributed by atoms with van der Waals surface area (Å²) >= 11 is 0. The monoisotopic (exact) mass is 362 g/mol. The third kappa shape index (κ3) is 3.21. The average molecular weight is 362 g/mol. The van der Waals surface area contributed by atoms with Gasteiger partial charge in [0.1, 0.15) is 17.5 Å². The number of fused-ring (bicyclic) bond motifs is 1. The van der Waals surface area contributed by atoms with Crippen molar-refractivity contribution in [3.63, 3.8) is 0 Å². The molecule has 0 spiro atoms. The number of benzene rings is 2. The third-order valence-corrected chi connectivity index (χ3v) is 4.31. The lowest BCUT2D eigenvalue weighted by Gasteiger charge is -2.10. The van der Waals surface area contributed by atoms with Crippen LogP contribution in [-0.2, 0) is 0 Å². The smallest absolute Gasteiger partial charge is 0.163 e. The number of pyridine rings is 1. The predicted molar refractivity (Wildman–Crippen MR) is 102 cm³/mol. The zero-order valence-corrected chi connectivity index (χ0v) is 14.8. The number of hydrogen-bond acceptors (Lipinski definition) is 4. The van der Waals surface area contributed by atoms with E-state index in [-0.39, 0.29) is 5.56 Å².